The summed E-state index contributed by atoms with van der Waals surface area (Å²) in [6.07, 6.45) is 7.86. The molecule has 41 heavy (non-hydrogen) atoms. The number of rotatable bonds is 6. The minimum absolute atomic E-state index is 0.0636. The van der Waals surface area contributed by atoms with Crippen LogP contribution in [0.25, 0.3) is 5.65 Å². The first-order valence-electron chi connectivity index (χ1n) is 13.6. The van der Waals surface area contributed by atoms with Crippen molar-refractivity contribution in [3.63, 3.8) is 0 Å². The number of nitrogens with two attached hydrogens (primary N) is 1. The summed E-state index contributed by atoms with van der Waals surface area (Å²) >= 11 is 6.43. The Morgan fingerprint density at radius 2 is 1.93 bits per heavy atom. The van der Waals surface area contributed by atoms with Gasteiger partial charge in [0.1, 0.15) is 17.2 Å². The zero-order valence-electron chi connectivity index (χ0n) is 23.2. The number of fused-ring (bicyclic) bond motifs is 2. The number of aromatic nitrogens is 4. The smallest absolute Gasteiger partial charge is 0.211 e. The van der Waals surface area contributed by atoms with Crippen LogP contribution in [0.15, 0.2) is 58.7 Å². The van der Waals surface area contributed by atoms with Gasteiger partial charge in [-0.05, 0) is 57.2 Å². The number of halogens is 2. The molecule has 1 aliphatic heterocycles. The SMILES string of the molecule is CC(C)(C)[S+]([O-])NC1CN(c2nc(CF)c(Sc3ccnc(N)c3Cl)c3nccn23)CCC12Cc1ccccc1C2. The molecule has 1 aromatic carbocycles. The molecular formula is C29H33ClFN7OS2. The second kappa shape index (κ2) is 10.9. The molecule has 4 aromatic rings. The number of benzene rings is 1. The lowest BCUT2D eigenvalue weighted by molar-refractivity contribution is 0.179. The maximum Gasteiger partial charge on any atom is 0.211 e. The van der Waals surface area contributed by atoms with Gasteiger partial charge in [-0.3, -0.25) is 4.40 Å². The lowest BCUT2D eigenvalue weighted by Crippen LogP contribution is -2.61. The molecule has 12 heteroatoms. The Bertz CT molecular complexity index is 1570. The van der Waals surface area contributed by atoms with Crippen LogP contribution in [0.2, 0.25) is 5.02 Å². The van der Waals surface area contributed by atoms with Crippen molar-refractivity contribution in [3.05, 3.63) is 70.8 Å². The zero-order valence-corrected chi connectivity index (χ0v) is 25.6. The van der Waals surface area contributed by atoms with Crippen molar-refractivity contribution in [2.24, 2.45) is 5.41 Å². The molecule has 3 aromatic heterocycles. The number of nitrogen functional groups attached to an aromatic ring is 1. The average molecular weight is 614 g/mol. The standard InChI is InChI=1S/C29H33ClFN7OS2/c1-28(2,3)41(39)36-22-17-37(12-9-29(22)14-18-6-4-5-7-19(18)15-29)27-35-20(16-31)24(26-34-11-13-38(26)27)40-21-8-10-33-25(32)23(21)30/h4-8,10-11,13,22,36H,9,12,14-17H2,1-3H3,(H2,32,33). The molecule has 216 valence electrons. The van der Waals surface area contributed by atoms with Gasteiger partial charge in [0.2, 0.25) is 5.95 Å². The predicted octanol–water partition coefficient (Wildman–Crippen LogP) is 5.40. The van der Waals surface area contributed by atoms with E-state index in [2.05, 4.69) is 43.9 Å². The maximum absolute atomic E-state index is 14.6. The number of imidazole rings is 1. The van der Waals surface area contributed by atoms with Crippen LogP contribution in [0.5, 0.6) is 0 Å². The molecule has 0 saturated carbocycles. The second-order valence-corrected chi connectivity index (χ2v) is 15.2. The van der Waals surface area contributed by atoms with Crippen LogP contribution in [0.1, 0.15) is 44.0 Å². The van der Waals surface area contributed by atoms with Crippen molar-refractivity contribution in [3.8, 4) is 0 Å². The summed E-state index contributed by atoms with van der Waals surface area (Å²) in [7, 11) is 0. The number of nitrogens with one attached hydrogen (secondary N) is 1. The quantitative estimate of drug-likeness (QED) is 0.279. The highest BCUT2D eigenvalue weighted by molar-refractivity contribution is 7.99. The molecule has 0 amide bonds. The van der Waals surface area contributed by atoms with Gasteiger partial charge in [-0.1, -0.05) is 47.6 Å². The van der Waals surface area contributed by atoms with Gasteiger partial charge in [0.25, 0.3) is 0 Å². The number of anilines is 2. The highest BCUT2D eigenvalue weighted by Crippen LogP contribution is 2.46. The molecule has 2 unspecified atom stereocenters. The molecule has 1 fully saturated rings. The molecule has 1 saturated heterocycles. The molecule has 4 heterocycles. The normalized spacial score (nSPS) is 19.2. The van der Waals surface area contributed by atoms with Crippen molar-refractivity contribution in [1.29, 1.82) is 0 Å². The Balaban J connectivity index is 1.36. The van der Waals surface area contributed by atoms with E-state index in [0.717, 1.165) is 25.8 Å². The van der Waals surface area contributed by atoms with Crippen molar-refractivity contribution >= 4 is 52.1 Å². The lowest BCUT2D eigenvalue weighted by Gasteiger charge is -2.47. The van der Waals surface area contributed by atoms with E-state index >= 15 is 0 Å². The maximum atomic E-state index is 14.6. The first kappa shape index (κ1) is 28.5. The van der Waals surface area contributed by atoms with Crippen LogP contribution in [-0.4, -0.2) is 47.8 Å². The van der Waals surface area contributed by atoms with Crippen LogP contribution in [0, 0.1) is 5.41 Å². The topological polar surface area (TPSA) is 107 Å². The third kappa shape index (κ3) is 5.27. The van der Waals surface area contributed by atoms with E-state index in [1.807, 2.05) is 31.4 Å². The van der Waals surface area contributed by atoms with E-state index in [0.29, 0.717) is 33.0 Å². The summed E-state index contributed by atoms with van der Waals surface area (Å²) < 4.78 is 33.0. The molecule has 0 radical (unpaired) electrons. The van der Waals surface area contributed by atoms with Gasteiger partial charge in [0.15, 0.2) is 5.65 Å². The predicted molar refractivity (Wildman–Crippen MR) is 164 cm³/mol. The number of hydrogen-bond acceptors (Lipinski definition) is 8. The van der Waals surface area contributed by atoms with Gasteiger partial charge in [-0.2, -0.15) is 0 Å². The molecule has 6 rings (SSSR count). The van der Waals surface area contributed by atoms with E-state index in [1.54, 1.807) is 18.5 Å². The first-order chi connectivity index (χ1) is 19.6. The largest absolute Gasteiger partial charge is 0.598 e. The molecular weight excluding hydrogens is 581 g/mol. The Morgan fingerprint density at radius 1 is 1.20 bits per heavy atom. The fourth-order valence-corrected chi connectivity index (χ4v) is 8.04. The van der Waals surface area contributed by atoms with Crippen LogP contribution in [-0.2, 0) is 30.9 Å². The molecule has 0 bridgehead atoms. The minimum Gasteiger partial charge on any atom is -0.598 e. The van der Waals surface area contributed by atoms with Gasteiger partial charge in [0.05, 0.1) is 21.7 Å². The molecule has 2 aliphatic rings. The molecule has 3 N–H and O–H groups in total. The third-order valence-corrected chi connectivity index (χ3v) is 11.4. The van der Waals surface area contributed by atoms with Gasteiger partial charge >= 0.3 is 0 Å². The first-order valence-corrected chi connectivity index (χ1v) is 15.9. The Morgan fingerprint density at radius 3 is 2.61 bits per heavy atom. The van der Waals surface area contributed by atoms with Crippen molar-refractivity contribution in [2.45, 2.75) is 67.3 Å². The van der Waals surface area contributed by atoms with Crippen molar-refractivity contribution in [2.75, 3.05) is 23.7 Å². The number of nitrogens with zero attached hydrogens (tertiary/aromatic N) is 5. The Kier molecular flexibility index (Phi) is 7.61. The number of alkyl halides is 1. The van der Waals surface area contributed by atoms with Crippen LogP contribution >= 0.6 is 23.4 Å². The molecule has 2 atom stereocenters. The highest BCUT2D eigenvalue weighted by atomic mass is 35.5. The summed E-state index contributed by atoms with van der Waals surface area (Å²) in [5.41, 5.74) is 9.45. The van der Waals surface area contributed by atoms with Crippen molar-refractivity contribution in [1.82, 2.24) is 24.1 Å². The fraction of sp³-hybridized carbons (Fsp3) is 0.414. The monoisotopic (exact) mass is 613 g/mol. The molecule has 1 aliphatic carbocycles. The van der Waals surface area contributed by atoms with Crippen molar-refractivity contribution < 1.29 is 8.94 Å². The number of hydrogen-bond donors (Lipinski definition) is 2. The summed E-state index contributed by atoms with van der Waals surface area (Å²) in [4.78, 5) is 16.9. The summed E-state index contributed by atoms with van der Waals surface area (Å²) in [5, 5.41) is 0.316. The van der Waals surface area contributed by atoms with Gasteiger partial charge in [-0.15, -0.1) is 4.72 Å². The van der Waals surface area contributed by atoms with E-state index in [9.17, 15) is 8.94 Å². The second-order valence-electron chi connectivity index (χ2n) is 11.8. The molecule has 8 nitrogen and oxygen atoms in total. The summed E-state index contributed by atoms with van der Waals surface area (Å²) in [6, 6.07) is 10.3. The van der Waals surface area contributed by atoms with Crippen LogP contribution in [0.4, 0.5) is 16.2 Å². The van der Waals surface area contributed by atoms with Gasteiger partial charge in [-0.25, -0.2) is 19.3 Å². The van der Waals surface area contributed by atoms with E-state index in [4.69, 9.17) is 22.3 Å². The lowest BCUT2D eigenvalue weighted by atomic mass is 9.72. The van der Waals surface area contributed by atoms with Gasteiger partial charge < -0.3 is 15.2 Å². The fourth-order valence-electron chi connectivity index (χ4n) is 5.87. The Hall–Kier alpha value is -2.57. The number of pyridine rings is 1. The zero-order chi connectivity index (χ0) is 28.9. The summed E-state index contributed by atoms with van der Waals surface area (Å²) in [5.74, 6) is 0.832. The summed E-state index contributed by atoms with van der Waals surface area (Å²) in [6.45, 7) is 6.50. The number of piperidine rings is 1. The van der Waals surface area contributed by atoms with Crippen LogP contribution in [0.3, 0.4) is 0 Å². The molecule has 1 spiro atoms. The average Bonchev–Trinajstić information content (AvgIpc) is 3.57. The van der Waals surface area contributed by atoms with Gasteiger partial charge in [0, 0.05) is 53.4 Å². The van der Waals surface area contributed by atoms with E-state index in [-0.39, 0.29) is 23.0 Å². The highest BCUT2D eigenvalue weighted by Gasteiger charge is 2.50. The van der Waals surface area contributed by atoms with E-state index in [1.165, 1.54) is 22.9 Å². The minimum atomic E-state index is -1.26. The Labute approximate surface area is 251 Å². The van der Waals surface area contributed by atoms with Crippen LogP contribution < -0.4 is 15.4 Å². The third-order valence-electron chi connectivity index (χ3n) is 8.09. The van der Waals surface area contributed by atoms with E-state index < -0.39 is 22.8 Å².